The lowest BCUT2D eigenvalue weighted by atomic mass is 9.97. The van der Waals surface area contributed by atoms with Gasteiger partial charge < -0.3 is 18.9 Å². The third-order valence-electron chi connectivity index (χ3n) is 6.19. The quantitative estimate of drug-likeness (QED) is 0.221. The number of carbonyl (C=O) groups excluding carboxylic acids is 2. The van der Waals surface area contributed by atoms with Gasteiger partial charge in [-0.1, -0.05) is 35.9 Å². The van der Waals surface area contributed by atoms with Gasteiger partial charge in [-0.25, -0.2) is 9.78 Å². The summed E-state index contributed by atoms with van der Waals surface area (Å²) in [4.78, 5) is 31.0. The second kappa shape index (κ2) is 10.7. The van der Waals surface area contributed by atoms with Crippen LogP contribution in [0.15, 0.2) is 54.6 Å². The summed E-state index contributed by atoms with van der Waals surface area (Å²) in [6, 6.07) is 16.4. The summed E-state index contributed by atoms with van der Waals surface area (Å²) < 4.78 is 21.9. The molecule has 0 saturated carbocycles. The van der Waals surface area contributed by atoms with Crippen molar-refractivity contribution in [2.45, 2.75) is 20.8 Å². The van der Waals surface area contributed by atoms with E-state index in [0.29, 0.717) is 50.5 Å². The first-order chi connectivity index (χ1) is 17.8. The molecule has 0 N–H and O–H groups in total. The molecule has 37 heavy (non-hydrogen) atoms. The van der Waals surface area contributed by atoms with Crippen molar-refractivity contribution >= 4 is 22.7 Å². The predicted molar refractivity (Wildman–Crippen MR) is 142 cm³/mol. The van der Waals surface area contributed by atoms with Gasteiger partial charge in [0.2, 0.25) is 11.5 Å². The minimum absolute atomic E-state index is 0.244. The zero-order valence-corrected chi connectivity index (χ0v) is 21.8. The van der Waals surface area contributed by atoms with E-state index in [4.69, 9.17) is 23.9 Å². The number of esters is 1. The van der Waals surface area contributed by atoms with Crippen LogP contribution in [0.5, 0.6) is 17.2 Å². The number of aromatic nitrogens is 1. The monoisotopic (exact) mass is 499 g/mol. The smallest absolute Gasteiger partial charge is 0.339 e. The maximum Gasteiger partial charge on any atom is 0.339 e. The Labute approximate surface area is 216 Å². The van der Waals surface area contributed by atoms with E-state index in [1.165, 1.54) is 21.3 Å². The molecule has 0 fully saturated rings. The molecular weight excluding hydrogens is 470 g/mol. The molecule has 0 aliphatic carbocycles. The van der Waals surface area contributed by atoms with E-state index in [-0.39, 0.29) is 12.4 Å². The van der Waals surface area contributed by atoms with E-state index in [2.05, 4.69) is 0 Å². The predicted octanol–water partition coefficient (Wildman–Crippen LogP) is 5.89. The molecule has 0 saturated heterocycles. The molecule has 7 heteroatoms. The van der Waals surface area contributed by atoms with Crippen molar-refractivity contribution in [1.82, 2.24) is 4.98 Å². The van der Waals surface area contributed by atoms with E-state index in [9.17, 15) is 9.59 Å². The molecule has 0 radical (unpaired) electrons. The van der Waals surface area contributed by atoms with E-state index in [1.807, 2.05) is 51.1 Å². The summed E-state index contributed by atoms with van der Waals surface area (Å²) in [7, 11) is 4.60. The van der Waals surface area contributed by atoms with Crippen LogP contribution in [0.25, 0.3) is 22.2 Å². The summed E-state index contributed by atoms with van der Waals surface area (Å²) in [6.45, 7) is 5.39. The molecule has 0 unspecified atom stereocenters. The Morgan fingerprint density at radius 3 is 2.03 bits per heavy atom. The lowest BCUT2D eigenvalue weighted by Crippen LogP contribution is -2.17. The van der Waals surface area contributed by atoms with Crippen molar-refractivity contribution in [3.8, 4) is 28.5 Å². The molecule has 0 spiro atoms. The van der Waals surface area contributed by atoms with E-state index >= 15 is 0 Å². The van der Waals surface area contributed by atoms with Crippen molar-refractivity contribution in [3.05, 3.63) is 82.4 Å². The normalized spacial score (nSPS) is 10.8. The van der Waals surface area contributed by atoms with Gasteiger partial charge >= 0.3 is 5.97 Å². The Bertz CT molecular complexity index is 1460. The van der Waals surface area contributed by atoms with E-state index in [1.54, 1.807) is 24.3 Å². The highest BCUT2D eigenvalue weighted by Crippen LogP contribution is 2.41. The molecule has 4 rings (SSSR count). The highest BCUT2D eigenvalue weighted by molar-refractivity contribution is 6.06. The Morgan fingerprint density at radius 2 is 1.43 bits per heavy atom. The van der Waals surface area contributed by atoms with Gasteiger partial charge in [0.05, 0.1) is 38.1 Å². The van der Waals surface area contributed by atoms with Crippen LogP contribution in [-0.4, -0.2) is 44.7 Å². The molecule has 1 aromatic heterocycles. The van der Waals surface area contributed by atoms with Crippen LogP contribution in [0.2, 0.25) is 0 Å². The number of hydrogen-bond acceptors (Lipinski definition) is 7. The zero-order chi connectivity index (χ0) is 26.7. The Morgan fingerprint density at radius 1 is 0.811 bits per heavy atom. The third kappa shape index (κ3) is 5.11. The van der Waals surface area contributed by atoms with E-state index in [0.717, 1.165) is 16.7 Å². The molecule has 4 aromatic rings. The fraction of sp³-hybridized carbons (Fsp3) is 0.233. The van der Waals surface area contributed by atoms with Crippen LogP contribution < -0.4 is 14.2 Å². The third-order valence-corrected chi connectivity index (χ3v) is 6.19. The Kier molecular flexibility index (Phi) is 7.43. The highest BCUT2D eigenvalue weighted by Gasteiger charge is 2.21. The lowest BCUT2D eigenvalue weighted by molar-refractivity contribution is 0.0476. The topological polar surface area (TPSA) is 84.0 Å². The number of aryl methyl sites for hydroxylation is 3. The van der Waals surface area contributed by atoms with Crippen LogP contribution in [0, 0.1) is 20.8 Å². The number of pyridine rings is 1. The Balaban J connectivity index is 1.71. The zero-order valence-electron chi connectivity index (χ0n) is 21.8. The van der Waals surface area contributed by atoms with Gasteiger partial charge in [0, 0.05) is 16.5 Å². The fourth-order valence-electron chi connectivity index (χ4n) is 4.62. The summed E-state index contributed by atoms with van der Waals surface area (Å²) in [5.74, 6) is 0.528. The van der Waals surface area contributed by atoms with Crippen molar-refractivity contribution in [2.24, 2.45) is 0 Å². The molecule has 7 nitrogen and oxygen atoms in total. The molecule has 0 aliphatic heterocycles. The van der Waals surface area contributed by atoms with E-state index < -0.39 is 5.97 Å². The molecule has 3 aromatic carbocycles. The number of methoxy groups -OCH3 is 3. The molecule has 0 amide bonds. The fourth-order valence-corrected chi connectivity index (χ4v) is 4.62. The number of fused-ring (bicyclic) bond motifs is 1. The van der Waals surface area contributed by atoms with Gasteiger partial charge in [-0.05, 0) is 56.2 Å². The van der Waals surface area contributed by atoms with Crippen LogP contribution in [-0.2, 0) is 4.74 Å². The van der Waals surface area contributed by atoms with Gasteiger partial charge in [-0.15, -0.1) is 0 Å². The average Bonchev–Trinajstić information content (AvgIpc) is 2.89. The molecule has 190 valence electrons. The number of benzene rings is 3. The van der Waals surface area contributed by atoms with Gasteiger partial charge in [-0.3, -0.25) is 4.79 Å². The number of ketones is 1. The first-order valence-corrected chi connectivity index (χ1v) is 11.8. The second-order valence-corrected chi connectivity index (χ2v) is 8.76. The number of para-hydroxylation sites is 1. The van der Waals surface area contributed by atoms with Gasteiger partial charge in [0.25, 0.3) is 0 Å². The average molecular weight is 500 g/mol. The molecule has 0 aliphatic rings. The van der Waals surface area contributed by atoms with Crippen LogP contribution in [0.3, 0.4) is 0 Å². The van der Waals surface area contributed by atoms with Crippen molar-refractivity contribution in [2.75, 3.05) is 27.9 Å². The minimum Gasteiger partial charge on any atom is -0.493 e. The van der Waals surface area contributed by atoms with Gasteiger partial charge in [-0.2, -0.15) is 0 Å². The molecular formula is C30H29NO6. The summed E-state index contributed by atoms with van der Waals surface area (Å²) in [5.41, 5.74) is 5.46. The molecule has 1 heterocycles. The van der Waals surface area contributed by atoms with Crippen LogP contribution >= 0.6 is 0 Å². The minimum atomic E-state index is -0.608. The summed E-state index contributed by atoms with van der Waals surface area (Å²) >= 11 is 0. The number of rotatable bonds is 8. The number of hydrogen-bond donors (Lipinski definition) is 0. The number of Topliss-reactive ketones (excluding diaryl/α,β-unsaturated/α-hetero) is 1. The first-order valence-electron chi connectivity index (χ1n) is 11.8. The number of nitrogens with zero attached hydrogens (tertiary/aromatic N) is 1. The van der Waals surface area contributed by atoms with Crippen molar-refractivity contribution in [1.29, 1.82) is 0 Å². The van der Waals surface area contributed by atoms with Gasteiger partial charge in [0.1, 0.15) is 0 Å². The second-order valence-electron chi connectivity index (χ2n) is 8.76. The highest BCUT2D eigenvalue weighted by atomic mass is 16.5. The number of carbonyl (C=O) groups is 2. The van der Waals surface area contributed by atoms with Crippen LogP contribution in [0.1, 0.15) is 37.4 Å². The Hall–Kier alpha value is -4.39. The van der Waals surface area contributed by atoms with Crippen molar-refractivity contribution < 1.29 is 28.5 Å². The first kappa shape index (κ1) is 25.7. The number of ether oxygens (including phenoxy) is 4. The SMILES string of the molecule is COc1cc(-c2cc(C(=O)OCC(=O)c3c(C)cc(C)cc3C)c3ccccc3n2)cc(OC)c1OC. The maximum atomic E-state index is 13.3. The molecule has 0 atom stereocenters. The van der Waals surface area contributed by atoms with Crippen LogP contribution in [0.4, 0.5) is 0 Å². The standard InChI is InChI=1S/C30H29NO6/c1-17-11-18(2)28(19(3)12-17)25(32)16-37-30(33)22-15-24(31-23-10-8-7-9-21(22)23)20-13-26(34-4)29(36-6)27(14-20)35-5/h7-15H,16H2,1-6H3. The lowest BCUT2D eigenvalue weighted by Gasteiger charge is -2.15. The largest absolute Gasteiger partial charge is 0.493 e. The maximum absolute atomic E-state index is 13.3. The molecule has 0 bridgehead atoms. The summed E-state index contributed by atoms with van der Waals surface area (Å²) in [6.07, 6.45) is 0. The van der Waals surface area contributed by atoms with Crippen molar-refractivity contribution in [3.63, 3.8) is 0 Å². The summed E-state index contributed by atoms with van der Waals surface area (Å²) in [5, 5.41) is 0.624. The van der Waals surface area contributed by atoms with Gasteiger partial charge in [0.15, 0.2) is 18.1 Å².